The molecule has 2 aromatic rings. The monoisotopic (exact) mass is 445 g/mol. The van der Waals surface area contributed by atoms with Gasteiger partial charge in [0.25, 0.3) is 5.69 Å². The van der Waals surface area contributed by atoms with Gasteiger partial charge in [0, 0.05) is 43.8 Å². The van der Waals surface area contributed by atoms with Crippen LogP contribution in [-0.2, 0) is 11.3 Å². The Morgan fingerprint density at radius 1 is 1.06 bits per heavy atom. The molecule has 3 amide bonds. The number of carbonyl (C=O) groups excluding carboxylic acids is 2. The fourth-order valence-corrected chi connectivity index (χ4v) is 3.49. The molecule has 2 N–H and O–H groups in total. The molecule has 164 valence electrons. The molecule has 31 heavy (non-hydrogen) atoms. The van der Waals surface area contributed by atoms with Crippen LogP contribution in [0.5, 0.6) is 0 Å². The highest BCUT2D eigenvalue weighted by atomic mass is 35.5. The number of halogens is 1. The maximum absolute atomic E-state index is 12.4. The lowest BCUT2D eigenvalue weighted by atomic mass is 10.1. The highest BCUT2D eigenvalue weighted by Crippen LogP contribution is 2.31. The Kier molecular flexibility index (Phi) is 7.30. The number of piperazine rings is 1. The van der Waals surface area contributed by atoms with Crippen molar-refractivity contribution in [3.8, 4) is 0 Å². The second-order valence-corrected chi connectivity index (χ2v) is 7.72. The average molecular weight is 446 g/mol. The van der Waals surface area contributed by atoms with Crippen molar-refractivity contribution in [2.24, 2.45) is 0 Å². The Bertz CT molecular complexity index is 959. The van der Waals surface area contributed by atoms with Gasteiger partial charge in [-0.1, -0.05) is 41.4 Å². The SMILES string of the molecule is Cc1ccc(CNC(=O)NCC(=O)N2CCN(c3ccc(Cl)cc3[N+](=O)[O-])CC2)cc1. The van der Waals surface area contributed by atoms with Crippen LogP contribution < -0.4 is 15.5 Å². The van der Waals surface area contributed by atoms with Gasteiger partial charge in [0.15, 0.2) is 0 Å². The highest BCUT2D eigenvalue weighted by molar-refractivity contribution is 6.30. The average Bonchev–Trinajstić information content (AvgIpc) is 2.77. The first-order chi connectivity index (χ1) is 14.8. The lowest BCUT2D eigenvalue weighted by Crippen LogP contribution is -2.52. The maximum Gasteiger partial charge on any atom is 0.315 e. The highest BCUT2D eigenvalue weighted by Gasteiger charge is 2.26. The molecule has 0 saturated carbocycles. The summed E-state index contributed by atoms with van der Waals surface area (Å²) in [6, 6.07) is 12.0. The summed E-state index contributed by atoms with van der Waals surface area (Å²) >= 11 is 5.87. The number of anilines is 1. The van der Waals surface area contributed by atoms with E-state index in [4.69, 9.17) is 11.6 Å². The molecule has 0 radical (unpaired) electrons. The summed E-state index contributed by atoms with van der Waals surface area (Å²) < 4.78 is 0. The molecule has 2 aromatic carbocycles. The minimum Gasteiger partial charge on any atom is -0.362 e. The summed E-state index contributed by atoms with van der Waals surface area (Å²) in [4.78, 5) is 38.7. The molecule has 1 aliphatic heterocycles. The van der Waals surface area contributed by atoms with E-state index in [1.165, 1.54) is 6.07 Å². The quantitative estimate of drug-likeness (QED) is 0.525. The fourth-order valence-electron chi connectivity index (χ4n) is 3.33. The largest absolute Gasteiger partial charge is 0.362 e. The molecule has 0 aromatic heterocycles. The molecule has 1 saturated heterocycles. The van der Waals surface area contributed by atoms with Crippen LogP contribution in [0.3, 0.4) is 0 Å². The first-order valence-electron chi connectivity index (χ1n) is 9.87. The van der Waals surface area contributed by atoms with Gasteiger partial charge in [-0.2, -0.15) is 0 Å². The lowest BCUT2D eigenvalue weighted by Gasteiger charge is -2.35. The van der Waals surface area contributed by atoms with E-state index in [0.717, 1.165) is 11.1 Å². The standard InChI is InChI=1S/C21H24ClN5O4/c1-15-2-4-16(5-3-15)13-23-21(29)24-14-20(28)26-10-8-25(9-11-26)18-7-6-17(22)12-19(18)27(30)31/h2-7,12H,8-11,13-14H2,1H3,(H2,23,24,29). The van der Waals surface area contributed by atoms with Crippen molar-refractivity contribution in [1.29, 1.82) is 0 Å². The second kappa shape index (κ2) is 10.1. The van der Waals surface area contributed by atoms with Gasteiger partial charge in [0.05, 0.1) is 11.5 Å². The number of amides is 3. The molecule has 3 rings (SSSR count). The zero-order valence-electron chi connectivity index (χ0n) is 17.1. The van der Waals surface area contributed by atoms with E-state index in [9.17, 15) is 19.7 Å². The first kappa shape index (κ1) is 22.4. The first-order valence-corrected chi connectivity index (χ1v) is 10.2. The molecule has 0 unspecified atom stereocenters. The van der Waals surface area contributed by atoms with E-state index in [2.05, 4.69) is 10.6 Å². The zero-order valence-corrected chi connectivity index (χ0v) is 17.9. The Labute approximate surface area is 185 Å². The number of rotatable bonds is 6. The topological polar surface area (TPSA) is 108 Å². The van der Waals surface area contributed by atoms with Crippen molar-refractivity contribution < 1.29 is 14.5 Å². The number of hydrogen-bond donors (Lipinski definition) is 2. The van der Waals surface area contributed by atoms with Gasteiger partial charge < -0.3 is 20.4 Å². The molecule has 1 heterocycles. The van der Waals surface area contributed by atoms with E-state index in [1.54, 1.807) is 17.0 Å². The number of urea groups is 1. The lowest BCUT2D eigenvalue weighted by molar-refractivity contribution is -0.384. The van der Waals surface area contributed by atoms with E-state index < -0.39 is 11.0 Å². The molecule has 1 fully saturated rings. The summed E-state index contributed by atoms with van der Waals surface area (Å²) in [7, 11) is 0. The number of nitrogens with zero attached hydrogens (tertiary/aromatic N) is 3. The van der Waals surface area contributed by atoms with Crippen molar-refractivity contribution in [2.75, 3.05) is 37.6 Å². The van der Waals surface area contributed by atoms with E-state index >= 15 is 0 Å². The normalized spacial score (nSPS) is 13.6. The van der Waals surface area contributed by atoms with Crippen molar-refractivity contribution in [3.63, 3.8) is 0 Å². The van der Waals surface area contributed by atoms with Crippen LogP contribution >= 0.6 is 11.6 Å². The summed E-state index contributed by atoms with van der Waals surface area (Å²) in [5.41, 5.74) is 2.54. The molecule has 9 nitrogen and oxygen atoms in total. The van der Waals surface area contributed by atoms with Gasteiger partial charge in [-0.05, 0) is 24.6 Å². The summed E-state index contributed by atoms with van der Waals surface area (Å²) in [6.45, 7) is 3.98. The third-order valence-electron chi connectivity index (χ3n) is 5.08. The predicted octanol–water partition coefficient (Wildman–Crippen LogP) is 2.70. The van der Waals surface area contributed by atoms with Gasteiger partial charge in [-0.3, -0.25) is 14.9 Å². The van der Waals surface area contributed by atoms with Crippen LogP contribution in [-0.4, -0.2) is 54.5 Å². The Morgan fingerprint density at radius 3 is 2.39 bits per heavy atom. The smallest absolute Gasteiger partial charge is 0.315 e. The number of aryl methyl sites for hydroxylation is 1. The van der Waals surface area contributed by atoms with Gasteiger partial charge in [0.2, 0.25) is 5.91 Å². The second-order valence-electron chi connectivity index (χ2n) is 7.28. The van der Waals surface area contributed by atoms with Gasteiger partial charge >= 0.3 is 6.03 Å². The third kappa shape index (κ3) is 6.08. The number of benzene rings is 2. The van der Waals surface area contributed by atoms with Crippen LogP contribution in [0, 0.1) is 17.0 Å². The fraction of sp³-hybridized carbons (Fsp3) is 0.333. The molecular weight excluding hydrogens is 422 g/mol. The summed E-state index contributed by atoms with van der Waals surface area (Å²) in [5, 5.41) is 16.9. The molecule has 10 heteroatoms. The van der Waals surface area contributed by atoms with Crippen molar-refractivity contribution >= 4 is 34.9 Å². The van der Waals surface area contributed by atoms with E-state index in [0.29, 0.717) is 43.4 Å². The molecule has 0 spiro atoms. The predicted molar refractivity (Wildman–Crippen MR) is 118 cm³/mol. The summed E-state index contributed by atoms with van der Waals surface area (Å²) in [6.07, 6.45) is 0. The van der Waals surface area contributed by atoms with Crippen molar-refractivity contribution in [1.82, 2.24) is 15.5 Å². The Hall–Kier alpha value is -3.33. The number of nitro benzene ring substituents is 1. The minimum atomic E-state index is -0.460. The van der Waals surface area contributed by atoms with Gasteiger partial charge in [-0.25, -0.2) is 4.79 Å². The Morgan fingerprint density at radius 2 is 1.74 bits per heavy atom. The Balaban J connectivity index is 1.44. The number of carbonyl (C=O) groups is 2. The van der Waals surface area contributed by atoms with Gasteiger partial charge in [0.1, 0.15) is 5.69 Å². The van der Waals surface area contributed by atoms with Crippen molar-refractivity contribution in [2.45, 2.75) is 13.5 Å². The minimum absolute atomic E-state index is 0.0563. The molecular formula is C21H24ClN5O4. The number of hydrogen-bond acceptors (Lipinski definition) is 5. The van der Waals surface area contributed by atoms with Gasteiger partial charge in [-0.15, -0.1) is 0 Å². The summed E-state index contributed by atoms with van der Waals surface area (Å²) in [5.74, 6) is -0.198. The van der Waals surface area contributed by atoms with Crippen LogP contribution in [0.1, 0.15) is 11.1 Å². The zero-order chi connectivity index (χ0) is 22.4. The maximum atomic E-state index is 12.4. The third-order valence-corrected chi connectivity index (χ3v) is 5.32. The van der Waals surface area contributed by atoms with Crippen LogP contribution in [0.25, 0.3) is 0 Å². The van der Waals surface area contributed by atoms with Crippen LogP contribution in [0.2, 0.25) is 5.02 Å². The van der Waals surface area contributed by atoms with E-state index in [1.807, 2.05) is 36.1 Å². The van der Waals surface area contributed by atoms with Crippen molar-refractivity contribution in [3.05, 3.63) is 68.7 Å². The number of nitrogens with one attached hydrogen (secondary N) is 2. The molecule has 1 aliphatic rings. The molecule has 0 bridgehead atoms. The molecule has 0 aliphatic carbocycles. The van der Waals surface area contributed by atoms with Crippen LogP contribution in [0.4, 0.5) is 16.2 Å². The van der Waals surface area contributed by atoms with E-state index in [-0.39, 0.29) is 18.1 Å². The van der Waals surface area contributed by atoms with Crippen LogP contribution in [0.15, 0.2) is 42.5 Å². The molecule has 0 atom stereocenters. The number of nitro groups is 1.